The van der Waals surface area contributed by atoms with Crippen molar-refractivity contribution in [1.29, 1.82) is 0 Å². The minimum Gasteiger partial charge on any atom is -0.508 e. The molecule has 0 aromatic heterocycles. The van der Waals surface area contributed by atoms with E-state index < -0.39 is 0 Å². The molecule has 0 fully saturated rings. The smallest absolute Gasteiger partial charge is 0.115 e. The van der Waals surface area contributed by atoms with Gasteiger partial charge in [0.2, 0.25) is 0 Å². The van der Waals surface area contributed by atoms with Crippen molar-refractivity contribution in [2.45, 2.75) is 38.7 Å². The van der Waals surface area contributed by atoms with Gasteiger partial charge in [-0.05, 0) is 43.4 Å². The third-order valence-electron chi connectivity index (χ3n) is 2.38. The van der Waals surface area contributed by atoms with Gasteiger partial charge in [0.05, 0.1) is 6.10 Å². The van der Waals surface area contributed by atoms with Crippen molar-refractivity contribution in [2.24, 2.45) is 0 Å². The number of phenols is 1. The molecule has 2 heteroatoms. The molecule has 0 aliphatic heterocycles. The molecule has 0 spiro atoms. The van der Waals surface area contributed by atoms with Gasteiger partial charge in [-0.1, -0.05) is 19.1 Å². The summed E-state index contributed by atoms with van der Waals surface area (Å²) in [6.07, 6.45) is 3.38. The summed E-state index contributed by atoms with van der Waals surface area (Å²) < 4.78 is 0. The third kappa shape index (κ3) is 3.79. The first-order valence-corrected chi connectivity index (χ1v) is 5.18. The maximum absolute atomic E-state index is 9.34. The molecule has 0 saturated heterocycles. The molecule has 0 bridgehead atoms. The standard InChI is InChI=1S/C12H18O2/c1-2-11(13)7-3-5-10-6-4-8-12(14)9-10/h4,6,8-9,11,13-14H,2-3,5,7H2,1H3. The predicted molar refractivity (Wildman–Crippen MR) is 57.3 cm³/mol. The minimum atomic E-state index is -0.174. The van der Waals surface area contributed by atoms with Gasteiger partial charge in [0.25, 0.3) is 0 Å². The Labute approximate surface area is 85.2 Å². The molecule has 1 rings (SSSR count). The zero-order chi connectivity index (χ0) is 10.4. The molecular weight excluding hydrogens is 176 g/mol. The van der Waals surface area contributed by atoms with E-state index in [9.17, 15) is 10.2 Å². The van der Waals surface area contributed by atoms with Crippen LogP contribution in [0.4, 0.5) is 0 Å². The number of phenolic OH excluding ortho intramolecular Hbond substituents is 1. The van der Waals surface area contributed by atoms with Gasteiger partial charge in [0.15, 0.2) is 0 Å². The fourth-order valence-electron chi connectivity index (χ4n) is 1.46. The van der Waals surface area contributed by atoms with Gasteiger partial charge < -0.3 is 10.2 Å². The molecule has 0 amide bonds. The number of rotatable bonds is 5. The molecule has 78 valence electrons. The summed E-state index contributed by atoms with van der Waals surface area (Å²) in [6, 6.07) is 7.29. The maximum Gasteiger partial charge on any atom is 0.115 e. The number of aromatic hydroxyl groups is 1. The second-order valence-corrected chi connectivity index (χ2v) is 3.62. The molecule has 1 atom stereocenters. The van der Waals surface area contributed by atoms with Gasteiger partial charge in [-0.2, -0.15) is 0 Å². The Morgan fingerprint density at radius 1 is 1.36 bits per heavy atom. The highest BCUT2D eigenvalue weighted by molar-refractivity contribution is 5.27. The normalized spacial score (nSPS) is 12.7. The highest BCUT2D eigenvalue weighted by atomic mass is 16.3. The van der Waals surface area contributed by atoms with Crippen LogP contribution in [-0.4, -0.2) is 16.3 Å². The summed E-state index contributed by atoms with van der Waals surface area (Å²) in [5.74, 6) is 0.318. The van der Waals surface area contributed by atoms with Crippen LogP contribution in [0.15, 0.2) is 24.3 Å². The van der Waals surface area contributed by atoms with Gasteiger partial charge in [-0.3, -0.25) is 0 Å². The van der Waals surface area contributed by atoms with Gasteiger partial charge in [-0.25, -0.2) is 0 Å². The Morgan fingerprint density at radius 2 is 2.14 bits per heavy atom. The quantitative estimate of drug-likeness (QED) is 0.756. The van der Waals surface area contributed by atoms with Crippen molar-refractivity contribution < 1.29 is 10.2 Å². The van der Waals surface area contributed by atoms with Crippen LogP contribution in [0.3, 0.4) is 0 Å². The lowest BCUT2D eigenvalue weighted by Gasteiger charge is -2.07. The average Bonchev–Trinajstić information content (AvgIpc) is 2.17. The van der Waals surface area contributed by atoms with E-state index in [0.717, 1.165) is 31.2 Å². The summed E-state index contributed by atoms with van der Waals surface area (Å²) in [5.41, 5.74) is 1.13. The van der Waals surface area contributed by atoms with Crippen LogP contribution in [0.1, 0.15) is 31.7 Å². The molecule has 1 aromatic carbocycles. The van der Waals surface area contributed by atoms with Crippen molar-refractivity contribution in [1.82, 2.24) is 0 Å². The van der Waals surface area contributed by atoms with Crippen LogP contribution in [0.5, 0.6) is 5.75 Å². The van der Waals surface area contributed by atoms with Gasteiger partial charge in [0.1, 0.15) is 5.75 Å². The highest BCUT2D eigenvalue weighted by Crippen LogP contribution is 2.14. The summed E-state index contributed by atoms with van der Waals surface area (Å²) in [4.78, 5) is 0. The lowest BCUT2D eigenvalue weighted by atomic mass is 10.0. The zero-order valence-electron chi connectivity index (χ0n) is 8.61. The van der Waals surface area contributed by atoms with Crippen molar-refractivity contribution >= 4 is 0 Å². The van der Waals surface area contributed by atoms with Crippen LogP contribution >= 0.6 is 0 Å². The van der Waals surface area contributed by atoms with E-state index in [-0.39, 0.29) is 6.10 Å². The monoisotopic (exact) mass is 194 g/mol. The first kappa shape index (κ1) is 11.1. The molecular formula is C12H18O2. The van der Waals surface area contributed by atoms with Crippen LogP contribution in [0.25, 0.3) is 0 Å². The minimum absolute atomic E-state index is 0.174. The summed E-state index contributed by atoms with van der Waals surface area (Å²) in [7, 11) is 0. The van der Waals surface area contributed by atoms with E-state index in [2.05, 4.69) is 0 Å². The van der Waals surface area contributed by atoms with Crippen LogP contribution in [0, 0.1) is 0 Å². The van der Waals surface area contributed by atoms with E-state index >= 15 is 0 Å². The number of hydrogen-bond donors (Lipinski definition) is 2. The number of aliphatic hydroxyl groups is 1. The average molecular weight is 194 g/mol. The number of aliphatic hydroxyl groups excluding tert-OH is 1. The van der Waals surface area contributed by atoms with Crippen LogP contribution in [0.2, 0.25) is 0 Å². The molecule has 0 aliphatic carbocycles. The number of hydrogen-bond acceptors (Lipinski definition) is 2. The summed E-state index contributed by atoms with van der Waals surface area (Å²) in [6.45, 7) is 1.99. The van der Waals surface area contributed by atoms with Gasteiger partial charge >= 0.3 is 0 Å². The topological polar surface area (TPSA) is 40.5 Å². The van der Waals surface area contributed by atoms with Crippen molar-refractivity contribution in [3.63, 3.8) is 0 Å². The van der Waals surface area contributed by atoms with E-state index in [0.29, 0.717) is 5.75 Å². The SMILES string of the molecule is CCC(O)CCCc1cccc(O)c1. The van der Waals surface area contributed by atoms with E-state index in [1.807, 2.05) is 19.1 Å². The number of benzene rings is 1. The second kappa shape index (κ2) is 5.66. The first-order valence-electron chi connectivity index (χ1n) is 5.18. The van der Waals surface area contributed by atoms with E-state index in [4.69, 9.17) is 0 Å². The zero-order valence-corrected chi connectivity index (χ0v) is 8.61. The second-order valence-electron chi connectivity index (χ2n) is 3.62. The Morgan fingerprint density at radius 3 is 2.79 bits per heavy atom. The Kier molecular flexibility index (Phi) is 4.47. The van der Waals surface area contributed by atoms with Crippen LogP contribution in [-0.2, 0) is 6.42 Å². The molecule has 14 heavy (non-hydrogen) atoms. The fraction of sp³-hybridized carbons (Fsp3) is 0.500. The molecule has 2 N–H and O–H groups in total. The molecule has 0 saturated carbocycles. The Hall–Kier alpha value is -1.02. The molecule has 0 aliphatic rings. The van der Waals surface area contributed by atoms with Crippen molar-refractivity contribution in [3.05, 3.63) is 29.8 Å². The lowest BCUT2D eigenvalue weighted by molar-refractivity contribution is 0.158. The lowest BCUT2D eigenvalue weighted by Crippen LogP contribution is -2.04. The maximum atomic E-state index is 9.34. The van der Waals surface area contributed by atoms with E-state index in [1.165, 1.54) is 0 Å². The van der Waals surface area contributed by atoms with E-state index in [1.54, 1.807) is 12.1 Å². The van der Waals surface area contributed by atoms with Gasteiger partial charge in [0, 0.05) is 0 Å². The molecule has 1 unspecified atom stereocenters. The van der Waals surface area contributed by atoms with Crippen molar-refractivity contribution in [2.75, 3.05) is 0 Å². The fourth-order valence-corrected chi connectivity index (χ4v) is 1.46. The molecule has 0 heterocycles. The summed E-state index contributed by atoms with van der Waals surface area (Å²) >= 11 is 0. The highest BCUT2D eigenvalue weighted by Gasteiger charge is 2.00. The molecule has 2 nitrogen and oxygen atoms in total. The Balaban J connectivity index is 2.31. The number of aryl methyl sites for hydroxylation is 1. The largest absolute Gasteiger partial charge is 0.508 e. The van der Waals surface area contributed by atoms with Gasteiger partial charge in [-0.15, -0.1) is 0 Å². The Bertz CT molecular complexity index is 271. The third-order valence-corrected chi connectivity index (χ3v) is 2.38. The predicted octanol–water partition coefficient (Wildman–Crippen LogP) is 2.49. The van der Waals surface area contributed by atoms with Crippen LogP contribution < -0.4 is 0 Å². The molecule has 1 aromatic rings. The molecule has 0 radical (unpaired) electrons. The van der Waals surface area contributed by atoms with Crippen molar-refractivity contribution in [3.8, 4) is 5.75 Å². The summed E-state index contributed by atoms with van der Waals surface area (Å²) in [5, 5.41) is 18.6. The first-order chi connectivity index (χ1) is 6.72.